The number of carboxylic acid groups (broad SMARTS) is 3. The van der Waals surface area contributed by atoms with Crippen LogP contribution in [-0.2, 0) is 39.9 Å². The van der Waals surface area contributed by atoms with Gasteiger partial charge in [-0.25, -0.2) is 9.59 Å². The summed E-state index contributed by atoms with van der Waals surface area (Å²) in [5, 5.41) is 46.6. The lowest BCUT2D eigenvalue weighted by molar-refractivity contribution is -0.144. The molecule has 0 heterocycles. The molecular weight excluding hydrogens is 584 g/mol. The highest BCUT2D eigenvalue weighted by molar-refractivity contribution is 5.96. The van der Waals surface area contributed by atoms with E-state index in [1.165, 1.54) is 24.3 Å². The number of phenols is 1. The minimum Gasteiger partial charge on any atom is -0.508 e. The minimum absolute atomic E-state index is 0.0776. The van der Waals surface area contributed by atoms with Gasteiger partial charge in [0.2, 0.25) is 17.7 Å². The molecule has 0 aromatic heterocycles. The van der Waals surface area contributed by atoms with Crippen LogP contribution in [0.3, 0.4) is 0 Å². The van der Waals surface area contributed by atoms with Crippen LogP contribution >= 0.6 is 0 Å². The number of rotatable bonds is 16. The second-order valence-corrected chi connectivity index (χ2v) is 11.3. The van der Waals surface area contributed by atoms with Crippen molar-refractivity contribution in [2.24, 2.45) is 5.92 Å². The molecule has 0 aliphatic heterocycles. The Balaban J connectivity index is 3.28. The monoisotopic (exact) mass is 624 g/mol. The van der Waals surface area contributed by atoms with Crippen LogP contribution in [0.2, 0.25) is 0 Å². The van der Waals surface area contributed by atoms with Crippen molar-refractivity contribution >= 4 is 41.7 Å². The van der Waals surface area contributed by atoms with Gasteiger partial charge in [0.05, 0.1) is 6.42 Å². The second-order valence-electron chi connectivity index (χ2n) is 11.3. The third kappa shape index (κ3) is 13.8. The molecule has 0 radical (unpaired) electrons. The molecule has 1 aromatic rings. The van der Waals surface area contributed by atoms with E-state index in [2.05, 4.69) is 21.3 Å². The van der Waals surface area contributed by atoms with Crippen molar-refractivity contribution in [1.82, 2.24) is 21.3 Å². The highest BCUT2D eigenvalue weighted by Gasteiger charge is 2.33. The normalized spacial score (nSPS) is 13.9. The number of carbonyl (C=O) groups is 7. The molecule has 0 fully saturated rings. The lowest BCUT2D eigenvalue weighted by Crippen LogP contribution is -2.59. The predicted octanol–water partition coefficient (Wildman–Crippen LogP) is 0.363. The molecule has 4 amide bonds. The minimum atomic E-state index is -1.80. The number of hydrogen-bond acceptors (Lipinski definition) is 9. The lowest BCUT2D eigenvalue weighted by atomic mass is 10.0. The summed E-state index contributed by atoms with van der Waals surface area (Å²) in [6.45, 7) is 7.76. The number of aromatic hydroxyl groups is 1. The van der Waals surface area contributed by atoms with E-state index in [4.69, 9.17) is 9.84 Å². The largest absolute Gasteiger partial charge is 0.508 e. The van der Waals surface area contributed by atoms with Crippen LogP contribution in [0.1, 0.15) is 59.4 Å². The van der Waals surface area contributed by atoms with Gasteiger partial charge in [-0.1, -0.05) is 26.0 Å². The SMILES string of the molecule is CC(C)[C@H](NC(=O)[C@H](Cc1ccc(O)cc1)NC(=O)[C@H](CC(=O)O)NC(=O)[C@H](CCC(=O)O)NC(=O)OC(C)(C)C)C(=O)O. The molecule has 0 bridgehead atoms. The summed E-state index contributed by atoms with van der Waals surface area (Å²) in [6, 6.07) is -0.582. The quantitative estimate of drug-likeness (QED) is 0.124. The number of alkyl carbamates (subject to hydrolysis) is 1. The van der Waals surface area contributed by atoms with Gasteiger partial charge in [-0.05, 0) is 50.8 Å². The molecule has 44 heavy (non-hydrogen) atoms. The van der Waals surface area contributed by atoms with Gasteiger partial charge in [0.25, 0.3) is 0 Å². The van der Waals surface area contributed by atoms with E-state index in [0.29, 0.717) is 5.56 Å². The Labute approximate surface area is 253 Å². The summed E-state index contributed by atoms with van der Waals surface area (Å²) in [7, 11) is 0. The zero-order valence-electron chi connectivity index (χ0n) is 25.1. The van der Waals surface area contributed by atoms with Crippen molar-refractivity contribution in [3.05, 3.63) is 29.8 Å². The number of aliphatic carboxylic acids is 3. The number of nitrogens with one attached hydrogen (secondary N) is 4. The van der Waals surface area contributed by atoms with Crippen molar-refractivity contribution in [3.8, 4) is 5.75 Å². The molecule has 0 spiro atoms. The van der Waals surface area contributed by atoms with Crippen LogP contribution in [0, 0.1) is 5.92 Å². The topological polar surface area (TPSA) is 258 Å². The van der Waals surface area contributed by atoms with Crippen LogP contribution in [0.25, 0.3) is 0 Å². The number of phenolic OH excluding ortho intramolecular Hbond substituents is 1. The van der Waals surface area contributed by atoms with Gasteiger partial charge in [-0.3, -0.25) is 24.0 Å². The number of ether oxygens (including phenoxy) is 1. The maximum absolute atomic E-state index is 13.3. The fourth-order valence-electron chi connectivity index (χ4n) is 3.76. The predicted molar refractivity (Wildman–Crippen MR) is 152 cm³/mol. The van der Waals surface area contributed by atoms with Crippen molar-refractivity contribution in [3.63, 3.8) is 0 Å². The van der Waals surface area contributed by atoms with Gasteiger partial charge in [0.15, 0.2) is 0 Å². The molecule has 0 unspecified atom stereocenters. The number of carbonyl (C=O) groups excluding carboxylic acids is 4. The fraction of sp³-hybridized carbons (Fsp3) is 0.536. The molecule has 16 heteroatoms. The fourth-order valence-corrected chi connectivity index (χ4v) is 3.76. The Morgan fingerprint density at radius 2 is 1.27 bits per heavy atom. The number of carboxylic acids is 3. The summed E-state index contributed by atoms with van der Waals surface area (Å²) >= 11 is 0. The number of amides is 4. The smallest absolute Gasteiger partial charge is 0.408 e. The Kier molecular flexibility index (Phi) is 14.1. The molecule has 4 atom stereocenters. The third-order valence-electron chi connectivity index (χ3n) is 5.91. The highest BCUT2D eigenvalue weighted by Crippen LogP contribution is 2.13. The van der Waals surface area contributed by atoms with E-state index in [0.717, 1.165) is 0 Å². The highest BCUT2D eigenvalue weighted by atomic mass is 16.6. The van der Waals surface area contributed by atoms with Crippen molar-refractivity contribution in [1.29, 1.82) is 0 Å². The van der Waals surface area contributed by atoms with E-state index in [-0.39, 0.29) is 12.2 Å². The van der Waals surface area contributed by atoms with Gasteiger partial charge in [0.1, 0.15) is 35.5 Å². The van der Waals surface area contributed by atoms with Crippen LogP contribution in [0.15, 0.2) is 24.3 Å². The van der Waals surface area contributed by atoms with Crippen LogP contribution in [0.4, 0.5) is 4.79 Å². The Hall–Kier alpha value is -4.89. The zero-order chi connectivity index (χ0) is 33.8. The van der Waals surface area contributed by atoms with Crippen molar-refractivity contribution in [2.75, 3.05) is 0 Å². The summed E-state index contributed by atoms with van der Waals surface area (Å²) in [4.78, 5) is 86.2. The van der Waals surface area contributed by atoms with E-state index in [9.17, 15) is 48.9 Å². The maximum atomic E-state index is 13.3. The Morgan fingerprint density at radius 3 is 1.75 bits per heavy atom. The summed E-state index contributed by atoms with van der Waals surface area (Å²) in [5.74, 6) is -7.90. The molecule has 16 nitrogen and oxygen atoms in total. The molecule has 0 saturated carbocycles. The molecule has 1 aromatic carbocycles. The van der Waals surface area contributed by atoms with Gasteiger partial charge in [-0.2, -0.15) is 0 Å². The summed E-state index contributed by atoms with van der Waals surface area (Å²) in [6.07, 6.45) is -3.24. The first-order chi connectivity index (χ1) is 20.3. The van der Waals surface area contributed by atoms with Crippen LogP contribution in [-0.4, -0.2) is 91.9 Å². The Morgan fingerprint density at radius 1 is 0.750 bits per heavy atom. The van der Waals surface area contributed by atoms with Crippen LogP contribution < -0.4 is 21.3 Å². The maximum Gasteiger partial charge on any atom is 0.408 e. The second kappa shape index (κ2) is 16.7. The molecular formula is C28H40N4O12. The summed E-state index contributed by atoms with van der Waals surface area (Å²) in [5.41, 5.74) is -0.528. The van der Waals surface area contributed by atoms with Gasteiger partial charge in [0, 0.05) is 12.8 Å². The van der Waals surface area contributed by atoms with Gasteiger partial charge < -0.3 is 46.4 Å². The number of hydrogen-bond donors (Lipinski definition) is 8. The molecule has 0 aliphatic carbocycles. The number of benzene rings is 1. The van der Waals surface area contributed by atoms with Gasteiger partial charge in [-0.15, -0.1) is 0 Å². The van der Waals surface area contributed by atoms with Crippen LogP contribution in [0.5, 0.6) is 5.75 Å². The molecule has 1 rings (SSSR count). The molecule has 244 valence electrons. The van der Waals surface area contributed by atoms with Crippen molar-refractivity contribution < 1.29 is 58.7 Å². The first kappa shape index (κ1) is 37.1. The zero-order valence-corrected chi connectivity index (χ0v) is 25.1. The molecule has 0 aliphatic rings. The average molecular weight is 625 g/mol. The first-order valence-corrected chi connectivity index (χ1v) is 13.6. The van der Waals surface area contributed by atoms with Gasteiger partial charge >= 0.3 is 24.0 Å². The van der Waals surface area contributed by atoms with E-state index in [1.807, 2.05) is 0 Å². The third-order valence-corrected chi connectivity index (χ3v) is 5.91. The van der Waals surface area contributed by atoms with E-state index < -0.39 is 96.7 Å². The average Bonchev–Trinajstić information content (AvgIpc) is 2.87. The van der Waals surface area contributed by atoms with E-state index in [1.54, 1.807) is 34.6 Å². The summed E-state index contributed by atoms with van der Waals surface area (Å²) < 4.78 is 5.10. The van der Waals surface area contributed by atoms with Crippen molar-refractivity contribution in [2.45, 2.75) is 90.1 Å². The molecule has 8 N–H and O–H groups in total. The first-order valence-electron chi connectivity index (χ1n) is 13.6. The standard InChI is InChI=1S/C28H40N4O12/c1-14(2)22(26(41)42)32-25(40)18(12-15-6-8-16(33)9-7-15)29-24(39)19(13-21(36)37)30-23(38)17(10-11-20(34)35)31-27(43)44-28(3,4)5/h6-9,14,17-19,22,33H,10-13H2,1-5H3,(H,29,39)(H,30,38)(H,31,43)(H,32,40)(H,34,35)(H,36,37)(H,41,42)/t17-,18-,19-,22-/m0/s1. The Bertz CT molecular complexity index is 1210. The lowest BCUT2D eigenvalue weighted by Gasteiger charge is -2.27. The van der Waals surface area contributed by atoms with E-state index >= 15 is 0 Å². The molecule has 0 saturated heterocycles.